The molecular weight excluding hydrogens is 276 g/mol. The van der Waals surface area contributed by atoms with Crippen molar-refractivity contribution in [2.75, 3.05) is 5.32 Å². The van der Waals surface area contributed by atoms with E-state index >= 15 is 0 Å². The zero-order valence-corrected chi connectivity index (χ0v) is 10.9. The third-order valence-electron chi connectivity index (χ3n) is 2.63. The zero-order valence-electron chi connectivity index (χ0n) is 10.9. The van der Waals surface area contributed by atoms with E-state index in [0.717, 1.165) is 0 Å². The summed E-state index contributed by atoms with van der Waals surface area (Å²) in [4.78, 5) is 11.5. The SMILES string of the molecule is CC(N)CCCC(=O)Nc1cc(C(F)(F)F)ccc1F. The van der Waals surface area contributed by atoms with E-state index in [1.54, 1.807) is 6.92 Å². The lowest BCUT2D eigenvalue weighted by molar-refractivity contribution is -0.137. The number of hydrogen-bond acceptors (Lipinski definition) is 2. The van der Waals surface area contributed by atoms with Crippen LogP contribution in [0.1, 0.15) is 31.7 Å². The summed E-state index contributed by atoms with van der Waals surface area (Å²) < 4.78 is 50.8. The molecule has 0 aliphatic heterocycles. The minimum atomic E-state index is -4.58. The number of benzene rings is 1. The van der Waals surface area contributed by atoms with Crippen LogP contribution in [0.5, 0.6) is 0 Å². The quantitative estimate of drug-likeness (QED) is 0.818. The first-order valence-electron chi connectivity index (χ1n) is 6.12. The van der Waals surface area contributed by atoms with Crippen molar-refractivity contribution in [3.05, 3.63) is 29.6 Å². The lowest BCUT2D eigenvalue weighted by Crippen LogP contribution is -2.17. The normalized spacial score (nSPS) is 13.1. The lowest BCUT2D eigenvalue weighted by atomic mass is 10.1. The smallest absolute Gasteiger partial charge is 0.328 e. The maximum absolute atomic E-state index is 13.4. The van der Waals surface area contributed by atoms with E-state index in [2.05, 4.69) is 5.32 Å². The molecule has 1 amide bonds. The Labute approximate surface area is 114 Å². The summed E-state index contributed by atoms with van der Waals surface area (Å²) in [6, 6.07) is 1.83. The van der Waals surface area contributed by atoms with Gasteiger partial charge in [-0.1, -0.05) is 0 Å². The van der Waals surface area contributed by atoms with Gasteiger partial charge in [-0.3, -0.25) is 4.79 Å². The average Bonchev–Trinajstić information content (AvgIpc) is 2.30. The number of alkyl halides is 3. The van der Waals surface area contributed by atoms with Crippen LogP contribution in [0.3, 0.4) is 0 Å². The minimum Gasteiger partial charge on any atom is -0.328 e. The number of carbonyl (C=O) groups is 1. The molecule has 7 heteroatoms. The van der Waals surface area contributed by atoms with Gasteiger partial charge in [-0.05, 0) is 38.0 Å². The van der Waals surface area contributed by atoms with Gasteiger partial charge in [-0.15, -0.1) is 0 Å². The Morgan fingerprint density at radius 1 is 1.40 bits per heavy atom. The highest BCUT2D eigenvalue weighted by Gasteiger charge is 2.31. The largest absolute Gasteiger partial charge is 0.416 e. The average molecular weight is 292 g/mol. The van der Waals surface area contributed by atoms with E-state index in [9.17, 15) is 22.4 Å². The fourth-order valence-electron chi connectivity index (χ4n) is 1.59. The van der Waals surface area contributed by atoms with Gasteiger partial charge in [-0.25, -0.2) is 4.39 Å². The summed E-state index contributed by atoms with van der Waals surface area (Å²) in [5, 5.41) is 2.14. The molecule has 1 atom stereocenters. The molecule has 0 saturated carbocycles. The number of carbonyl (C=O) groups excluding carboxylic acids is 1. The molecule has 0 bridgehead atoms. The summed E-state index contributed by atoms with van der Waals surface area (Å²) >= 11 is 0. The summed E-state index contributed by atoms with van der Waals surface area (Å²) in [7, 11) is 0. The van der Waals surface area contributed by atoms with E-state index in [0.29, 0.717) is 31.0 Å². The third kappa shape index (κ3) is 5.16. The van der Waals surface area contributed by atoms with Crippen LogP contribution in [0.2, 0.25) is 0 Å². The number of nitrogens with one attached hydrogen (secondary N) is 1. The summed E-state index contributed by atoms with van der Waals surface area (Å²) in [6.45, 7) is 1.78. The van der Waals surface area contributed by atoms with Crippen molar-refractivity contribution in [1.82, 2.24) is 0 Å². The standard InChI is InChI=1S/C13H16F4N2O/c1-8(18)3-2-4-12(20)19-11-7-9(13(15,16)17)5-6-10(11)14/h5-8H,2-4,18H2,1H3,(H,19,20). The van der Waals surface area contributed by atoms with Crippen molar-refractivity contribution in [2.45, 2.75) is 38.4 Å². The Bertz CT molecular complexity index is 472. The first-order valence-corrected chi connectivity index (χ1v) is 6.12. The van der Waals surface area contributed by atoms with E-state index < -0.39 is 29.2 Å². The minimum absolute atomic E-state index is 0.0620. The summed E-state index contributed by atoms with van der Waals surface area (Å²) in [5.74, 6) is -1.44. The molecule has 0 spiro atoms. The van der Waals surface area contributed by atoms with Crippen molar-refractivity contribution < 1.29 is 22.4 Å². The van der Waals surface area contributed by atoms with E-state index in [1.807, 2.05) is 0 Å². The van der Waals surface area contributed by atoms with Crippen LogP contribution in [0.15, 0.2) is 18.2 Å². The van der Waals surface area contributed by atoms with Crippen LogP contribution in [-0.2, 0) is 11.0 Å². The number of nitrogens with two attached hydrogens (primary N) is 1. The maximum atomic E-state index is 13.4. The molecule has 1 aromatic carbocycles. The Kier molecular flexibility index (Phi) is 5.50. The monoisotopic (exact) mass is 292 g/mol. The van der Waals surface area contributed by atoms with Crippen molar-refractivity contribution in [2.24, 2.45) is 5.73 Å². The molecular formula is C13H16F4N2O. The van der Waals surface area contributed by atoms with Crippen molar-refractivity contribution in [3.63, 3.8) is 0 Å². The Morgan fingerprint density at radius 2 is 2.05 bits per heavy atom. The number of anilines is 1. The molecule has 0 radical (unpaired) electrons. The van der Waals surface area contributed by atoms with Gasteiger partial charge in [0.25, 0.3) is 0 Å². The van der Waals surface area contributed by atoms with Gasteiger partial charge in [0.2, 0.25) is 5.91 Å². The summed E-state index contributed by atoms with van der Waals surface area (Å²) in [5.41, 5.74) is 4.03. The van der Waals surface area contributed by atoms with Crippen LogP contribution in [-0.4, -0.2) is 11.9 Å². The molecule has 1 unspecified atom stereocenters. The van der Waals surface area contributed by atoms with Crippen LogP contribution in [0.25, 0.3) is 0 Å². The molecule has 0 aromatic heterocycles. The number of hydrogen-bond donors (Lipinski definition) is 2. The first-order chi connectivity index (χ1) is 9.20. The second kappa shape index (κ2) is 6.69. The van der Waals surface area contributed by atoms with Gasteiger partial charge in [-0.2, -0.15) is 13.2 Å². The van der Waals surface area contributed by atoms with Crippen molar-refractivity contribution in [3.8, 4) is 0 Å². The molecule has 0 fully saturated rings. The number of halogens is 4. The Hall–Kier alpha value is -1.63. The topological polar surface area (TPSA) is 55.1 Å². The number of amides is 1. The maximum Gasteiger partial charge on any atom is 0.416 e. The molecule has 0 saturated heterocycles. The van der Waals surface area contributed by atoms with Gasteiger partial charge in [0.05, 0.1) is 11.3 Å². The van der Waals surface area contributed by atoms with E-state index in [1.165, 1.54) is 0 Å². The lowest BCUT2D eigenvalue weighted by Gasteiger charge is -2.11. The molecule has 20 heavy (non-hydrogen) atoms. The van der Waals surface area contributed by atoms with Crippen LogP contribution >= 0.6 is 0 Å². The highest BCUT2D eigenvalue weighted by atomic mass is 19.4. The predicted molar refractivity (Wildman–Crippen MR) is 67.5 cm³/mol. The van der Waals surface area contributed by atoms with Gasteiger partial charge >= 0.3 is 6.18 Å². The van der Waals surface area contributed by atoms with Crippen LogP contribution in [0.4, 0.5) is 23.2 Å². The molecule has 1 aromatic rings. The number of rotatable bonds is 5. The molecule has 3 nitrogen and oxygen atoms in total. The molecule has 0 aliphatic rings. The highest BCUT2D eigenvalue weighted by Crippen LogP contribution is 2.31. The van der Waals surface area contributed by atoms with Gasteiger partial charge in [0.1, 0.15) is 5.82 Å². The highest BCUT2D eigenvalue weighted by molar-refractivity contribution is 5.90. The Balaban J connectivity index is 2.69. The van der Waals surface area contributed by atoms with E-state index in [4.69, 9.17) is 5.73 Å². The van der Waals surface area contributed by atoms with Gasteiger partial charge in [0.15, 0.2) is 0 Å². The fraction of sp³-hybridized carbons (Fsp3) is 0.462. The van der Waals surface area contributed by atoms with Gasteiger partial charge < -0.3 is 11.1 Å². The fourth-order valence-corrected chi connectivity index (χ4v) is 1.59. The Morgan fingerprint density at radius 3 is 2.60 bits per heavy atom. The van der Waals surface area contributed by atoms with Crippen molar-refractivity contribution in [1.29, 1.82) is 0 Å². The molecule has 112 valence electrons. The third-order valence-corrected chi connectivity index (χ3v) is 2.63. The van der Waals surface area contributed by atoms with E-state index in [-0.39, 0.29) is 12.5 Å². The second-order valence-corrected chi connectivity index (χ2v) is 4.61. The molecule has 0 heterocycles. The summed E-state index contributed by atoms with van der Waals surface area (Å²) in [6.07, 6.45) is -3.40. The predicted octanol–water partition coefficient (Wildman–Crippen LogP) is 3.30. The molecule has 1 rings (SSSR count). The van der Waals surface area contributed by atoms with Crippen LogP contribution in [0, 0.1) is 5.82 Å². The zero-order chi connectivity index (χ0) is 15.3. The second-order valence-electron chi connectivity index (χ2n) is 4.61. The van der Waals surface area contributed by atoms with Crippen LogP contribution < -0.4 is 11.1 Å². The molecule has 0 aliphatic carbocycles. The first kappa shape index (κ1) is 16.4. The molecule has 3 N–H and O–H groups in total. The van der Waals surface area contributed by atoms with Crippen molar-refractivity contribution >= 4 is 11.6 Å². The van der Waals surface area contributed by atoms with Gasteiger partial charge in [0, 0.05) is 12.5 Å².